The fourth-order valence-electron chi connectivity index (χ4n) is 2.13. The second-order valence-corrected chi connectivity index (χ2v) is 5.40. The van der Waals surface area contributed by atoms with E-state index in [1.807, 2.05) is 0 Å². The summed E-state index contributed by atoms with van der Waals surface area (Å²) in [5.74, 6) is -1.36. The van der Waals surface area contributed by atoms with E-state index < -0.39 is 11.8 Å². The SMILES string of the molecule is CCCCOc1ccccc1N/C(=C/C(=O)c1ccccc1)C(=O)[O-]. The summed E-state index contributed by atoms with van der Waals surface area (Å²) in [4.78, 5) is 23.6. The topological polar surface area (TPSA) is 78.5 Å². The van der Waals surface area contributed by atoms with Crippen LogP contribution in [0, 0.1) is 0 Å². The van der Waals surface area contributed by atoms with Crippen LogP contribution < -0.4 is 15.2 Å². The van der Waals surface area contributed by atoms with E-state index in [0.29, 0.717) is 23.6 Å². The van der Waals surface area contributed by atoms with Gasteiger partial charge in [-0.05, 0) is 18.6 Å². The number of ether oxygens (including phenoxy) is 1. The zero-order valence-corrected chi connectivity index (χ0v) is 14.0. The summed E-state index contributed by atoms with van der Waals surface area (Å²) in [5.41, 5.74) is 0.547. The van der Waals surface area contributed by atoms with E-state index in [4.69, 9.17) is 4.74 Å². The quantitative estimate of drug-likeness (QED) is 0.432. The molecule has 5 nitrogen and oxygen atoms in total. The van der Waals surface area contributed by atoms with Crippen LogP contribution >= 0.6 is 0 Å². The van der Waals surface area contributed by atoms with Crippen molar-refractivity contribution in [2.24, 2.45) is 0 Å². The van der Waals surface area contributed by atoms with Crippen molar-refractivity contribution in [3.05, 3.63) is 71.9 Å². The van der Waals surface area contributed by atoms with E-state index >= 15 is 0 Å². The van der Waals surface area contributed by atoms with Gasteiger partial charge in [0.1, 0.15) is 5.75 Å². The third kappa shape index (κ3) is 5.49. The first-order valence-corrected chi connectivity index (χ1v) is 8.13. The molecule has 2 aromatic carbocycles. The second-order valence-electron chi connectivity index (χ2n) is 5.40. The summed E-state index contributed by atoms with van der Waals surface area (Å²) in [6.45, 7) is 2.59. The summed E-state index contributed by atoms with van der Waals surface area (Å²) < 4.78 is 5.66. The third-order valence-corrected chi connectivity index (χ3v) is 3.47. The largest absolute Gasteiger partial charge is 0.543 e. The number of carbonyl (C=O) groups excluding carboxylic acids is 2. The first-order valence-electron chi connectivity index (χ1n) is 8.13. The lowest BCUT2D eigenvalue weighted by Crippen LogP contribution is -2.29. The van der Waals surface area contributed by atoms with E-state index in [0.717, 1.165) is 18.9 Å². The number of carboxylic acids is 1. The van der Waals surface area contributed by atoms with Crippen molar-refractivity contribution in [2.75, 3.05) is 11.9 Å². The molecule has 0 unspecified atom stereocenters. The molecule has 1 N–H and O–H groups in total. The Morgan fingerprint density at radius 1 is 1.08 bits per heavy atom. The van der Waals surface area contributed by atoms with Gasteiger partial charge in [-0.15, -0.1) is 0 Å². The number of allylic oxidation sites excluding steroid dienone is 1. The van der Waals surface area contributed by atoms with Crippen molar-refractivity contribution < 1.29 is 19.4 Å². The lowest BCUT2D eigenvalue weighted by molar-refractivity contribution is -0.299. The monoisotopic (exact) mass is 338 g/mol. The van der Waals surface area contributed by atoms with Gasteiger partial charge < -0.3 is 20.0 Å². The molecule has 130 valence electrons. The number of hydrogen-bond donors (Lipinski definition) is 1. The average Bonchev–Trinajstić information content (AvgIpc) is 2.63. The van der Waals surface area contributed by atoms with E-state index in [9.17, 15) is 14.7 Å². The van der Waals surface area contributed by atoms with Crippen LogP contribution in [0.2, 0.25) is 0 Å². The molecule has 2 aromatic rings. The lowest BCUT2D eigenvalue weighted by Gasteiger charge is -2.16. The summed E-state index contributed by atoms with van der Waals surface area (Å²) in [7, 11) is 0. The number of rotatable bonds is 9. The maximum atomic E-state index is 12.2. The van der Waals surface area contributed by atoms with Gasteiger partial charge in [0.2, 0.25) is 0 Å². The number of unbranched alkanes of at least 4 members (excludes halogenated alkanes) is 1. The van der Waals surface area contributed by atoms with E-state index in [-0.39, 0.29) is 5.70 Å². The first kappa shape index (κ1) is 18.3. The number of ketones is 1. The molecule has 0 heterocycles. The van der Waals surface area contributed by atoms with Crippen molar-refractivity contribution in [2.45, 2.75) is 19.8 Å². The average molecular weight is 338 g/mol. The number of anilines is 1. The number of aliphatic carboxylic acids is 1. The zero-order valence-electron chi connectivity index (χ0n) is 14.0. The molecule has 0 atom stereocenters. The van der Waals surface area contributed by atoms with Gasteiger partial charge >= 0.3 is 0 Å². The molecule has 0 fully saturated rings. The Morgan fingerprint density at radius 3 is 2.44 bits per heavy atom. The van der Waals surface area contributed by atoms with Crippen LogP contribution in [0.3, 0.4) is 0 Å². The maximum Gasteiger partial charge on any atom is 0.187 e. The number of carboxylic acid groups (broad SMARTS) is 1. The third-order valence-electron chi connectivity index (χ3n) is 3.47. The van der Waals surface area contributed by atoms with Crippen LogP contribution in [0.1, 0.15) is 30.1 Å². The number of nitrogens with one attached hydrogen (secondary N) is 1. The van der Waals surface area contributed by atoms with Crippen molar-refractivity contribution in [3.63, 3.8) is 0 Å². The Labute approximate surface area is 146 Å². The molecule has 0 bridgehead atoms. The van der Waals surface area contributed by atoms with E-state index in [1.165, 1.54) is 0 Å². The van der Waals surface area contributed by atoms with Crippen LogP contribution in [-0.2, 0) is 4.79 Å². The van der Waals surface area contributed by atoms with Crippen LogP contribution in [-0.4, -0.2) is 18.4 Å². The molecule has 0 saturated carbocycles. The fourth-order valence-corrected chi connectivity index (χ4v) is 2.13. The lowest BCUT2D eigenvalue weighted by atomic mass is 10.1. The van der Waals surface area contributed by atoms with Gasteiger partial charge in [0, 0.05) is 11.6 Å². The summed E-state index contributed by atoms with van der Waals surface area (Å²) >= 11 is 0. The van der Waals surface area contributed by atoms with Crippen LogP contribution in [0.25, 0.3) is 0 Å². The summed E-state index contributed by atoms with van der Waals surface area (Å²) in [5, 5.41) is 14.1. The van der Waals surface area contributed by atoms with Gasteiger partial charge in [0.05, 0.1) is 24.0 Å². The minimum Gasteiger partial charge on any atom is -0.543 e. The smallest absolute Gasteiger partial charge is 0.187 e. The zero-order chi connectivity index (χ0) is 18.1. The molecular formula is C20H20NO4-. The standard InChI is InChI=1S/C20H21NO4/c1-2-3-13-25-19-12-8-7-11-16(19)21-17(20(23)24)14-18(22)15-9-5-4-6-10-15/h4-12,14,21H,2-3,13H2,1H3,(H,23,24)/p-1/b17-14+. The Bertz CT molecular complexity index is 753. The van der Waals surface area contributed by atoms with Gasteiger partial charge in [0.15, 0.2) is 5.78 Å². The summed E-state index contributed by atoms with van der Waals surface area (Å²) in [6.07, 6.45) is 2.91. The fraction of sp³-hybridized carbons (Fsp3) is 0.200. The van der Waals surface area contributed by atoms with Gasteiger partial charge in [0.25, 0.3) is 0 Å². The highest BCUT2D eigenvalue weighted by molar-refractivity contribution is 6.09. The minimum atomic E-state index is -1.47. The molecule has 0 radical (unpaired) electrons. The highest BCUT2D eigenvalue weighted by atomic mass is 16.5. The maximum absolute atomic E-state index is 12.2. The Kier molecular flexibility index (Phi) is 6.77. The molecule has 0 aliphatic rings. The van der Waals surface area contributed by atoms with Crippen molar-refractivity contribution in [3.8, 4) is 5.75 Å². The van der Waals surface area contributed by atoms with Gasteiger partial charge in [-0.25, -0.2) is 0 Å². The highest BCUT2D eigenvalue weighted by Crippen LogP contribution is 2.25. The Morgan fingerprint density at radius 2 is 1.76 bits per heavy atom. The first-order chi connectivity index (χ1) is 12.1. The molecule has 0 aromatic heterocycles. The molecular weight excluding hydrogens is 318 g/mol. The van der Waals surface area contributed by atoms with Crippen molar-refractivity contribution >= 4 is 17.4 Å². The van der Waals surface area contributed by atoms with Crippen LogP contribution in [0.4, 0.5) is 5.69 Å². The predicted molar refractivity (Wildman–Crippen MR) is 94.3 cm³/mol. The van der Waals surface area contributed by atoms with Gasteiger partial charge in [-0.3, -0.25) is 4.79 Å². The van der Waals surface area contributed by atoms with Crippen LogP contribution in [0.5, 0.6) is 5.75 Å². The highest BCUT2D eigenvalue weighted by Gasteiger charge is 2.09. The molecule has 0 spiro atoms. The number of hydrogen-bond acceptors (Lipinski definition) is 5. The second kappa shape index (κ2) is 9.27. The van der Waals surface area contributed by atoms with E-state index in [2.05, 4.69) is 12.2 Å². The molecule has 25 heavy (non-hydrogen) atoms. The Hall–Kier alpha value is -3.08. The number of para-hydroxylation sites is 2. The van der Waals surface area contributed by atoms with E-state index in [1.54, 1.807) is 54.6 Å². The minimum absolute atomic E-state index is 0.319. The van der Waals surface area contributed by atoms with Crippen molar-refractivity contribution in [1.82, 2.24) is 0 Å². The Balaban J connectivity index is 2.21. The normalized spacial score (nSPS) is 11.0. The molecule has 0 amide bonds. The predicted octanol–water partition coefficient (Wildman–Crippen LogP) is 2.79. The molecule has 0 aliphatic carbocycles. The molecule has 2 rings (SSSR count). The van der Waals surface area contributed by atoms with Crippen molar-refractivity contribution in [1.29, 1.82) is 0 Å². The number of benzene rings is 2. The molecule has 5 heteroatoms. The van der Waals surface area contributed by atoms with Gasteiger partial charge in [-0.1, -0.05) is 55.8 Å². The number of carbonyl (C=O) groups is 2. The van der Waals surface area contributed by atoms with Crippen LogP contribution in [0.15, 0.2) is 66.4 Å². The molecule has 0 aliphatic heterocycles. The summed E-state index contributed by atoms with van der Waals surface area (Å²) in [6, 6.07) is 15.4. The van der Waals surface area contributed by atoms with Gasteiger partial charge in [-0.2, -0.15) is 0 Å². The molecule has 0 saturated heterocycles.